The van der Waals surface area contributed by atoms with E-state index in [2.05, 4.69) is 5.32 Å². The Balaban J connectivity index is 3.12. The maximum absolute atomic E-state index is 14.1. The third kappa shape index (κ3) is 4.99. The van der Waals surface area contributed by atoms with E-state index in [1.165, 1.54) is 0 Å². The fourth-order valence-corrected chi connectivity index (χ4v) is 1.88. The van der Waals surface area contributed by atoms with Gasteiger partial charge in [-0.1, -0.05) is 6.92 Å². The monoisotopic (exact) mass is 300 g/mol. The van der Waals surface area contributed by atoms with Crippen LogP contribution in [0.5, 0.6) is 0 Å². The highest BCUT2D eigenvalue weighted by atomic mass is 19.1. The summed E-state index contributed by atoms with van der Waals surface area (Å²) in [4.78, 5) is 22.8. The van der Waals surface area contributed by atoms with Crippen LogP contribution in [-0.2, 0) is 16.1 Å². The zero-order valence-electron chi connectivity index (χ0n) is 11.7. The molecule has 0 radical (unpaired) electrons. The first-order valence-corrected chi connectivity index (χ1v) is 6.35. The molecule has 1 rings (SSSR count). The lowest BCUT2D eigenvalue weighted by Crippen LogP contribution is -2.40. The third-order valence-electron chi connectivity index (χ3n) is 2.67. The summed E-state index contributed by atoms with van der Waals surface area (Å²) in [5.41, 5.74) is 9.95. The average Bonchev–Trinajstić information content (AvgIpc) is 2.33. The molecule has 116 valence electrons. The van der Waals surface area contributed by atoms with Crippen LogP contribution in [-0.4, -0.2) is 31.4 Å². The molecule has 0 aliphatic heterocycles. The van der Waals surface area contributed by atoms with Crippen LogP contribution >= 0.6 is 0 Å². The highest BCUT2D eigenvalue weighted by molar-refractivity contribution is 5.85. The highest BCUT2D eigenvalue weighted by Gasteiger charge is 2.21. The summed E-state index contributed by atoms with van der Waals surface area (Å²) < 4.78 is 28.2. The first kappa shape index (κ1) is 16.8. The van der Waals surface area contributed by atoms with E-state index in [4.69, 9.17) is 11.5 Å². The fraction of sp³-hybridized carbons (Fsp3) is 0.385. The van der Waals surface area contributed by atoms with E-state index in [-0.39, 0.29) is 0 Å². The van der Waals surface area contributed by atoms with Gasteiger partial charge in [-0.2, -0.15) is 0 Å². The van der Waals surface area contributed by atoms with Crippen molar-refractivity contribution < 1.29 is 18.4 Å². The number of nitrogens with two attached hydrogens (primary N) is 2. The number of benzene rings is 1. The molecule has 1 aromatic rings. The Morgan fingerprint density at radius 2 is 1.62 bits per heavy atom. The van der Waals surface area contributed by atoms with Gasteiger partial charge in [0.2, 0.25) is 11.8 Å². The summed E-state index contributed by atoms with van der Waals surface area (Å²) in [6.45, 7) is 1.80. The molecule has 0 spiro atoms. The lowest BCUT2D eigenvalue weighted by Gasteiger charge is -2.23. The van der Waals surface area contributed by atoms with Gasteiger partial charge in [0, 0.05) is 6.54 Å². The number of primary amides is 2. The Morgan fingerprint density at radius 1 is 1.14 bits per heavy atom. The second-order valence-electron chi connectivity index (χ2n) is 4.48. The minimum atomic E-state index is -0.884. The van der Waals surface area contributed by atoms with Crippen LogP contribution in [0.1, 0.15) is 12.5 Å². The number of anilines is 1. The molecule has 0 aromatic heterocycles. The molecule has 0 saturated heterocycles. The van der Waals surface area contributed by atoms with Crippen molar-refractivity contribution in [2.24, 2.45) is 11.5 Å². The summed E-state index contributed by atoms with van der Waals surface area (Å²) in [7, 11) is 0. The normalized spacial score (nSPS) is 10.4. The van der Waals surface area contributed by atoms with Gasteiger partial charge in [-0.15, -0.1) is 0 Å². The molecule has 5 N–H and O–H groups in total. The highest BCUT2D eigenvalue weighted by Crippen LogP contribution is 2.25. The molecule has 6 nitrogen and oxygen atoms in total. The maximum Gasteiger partial charge on any atom is 0.236 e. The Kier molecular flexibility index (Phi) is 6.04. The standard InChI is InChI=1S/C13H18F2N4O2/c1-2-18-5-8-3-9(14)13(10(15)4-8)19(6-11(16)20)7-12(17)21/h3-4,18H,2,5-7H2,1H3,(H2,16,20)(H2,17,21). The van der Waals surface area contributed by atoms with E-state index in [1.807, 2.05) is 6.92 Å². The number of nitrogens with zero attached hydrogens (tertiary/aromatic N) is 1. The van der Waals surface area contributed by atoms with Gasteiger partial charge in [-0.05, 0) is 24.2 Å². The molecule has 0 fully saturated rings. The van der Waals surface area contributed by atoms with E-state index in [1.54, 1.807) is 0 Å². The second kappa shape index (κ2) is 7.53. The SMILES string of the molecule is CCNCc1cc(F)c(N(CC(N)=O)CC(N)=O)c(F)c1. The first-order chi connectivity index (χ1) is 9.85. The van der Waals surface area contributed by atoms with E-state index in [0.717, 1.165) is 17.0 Å². The predicted molar refractivity (Wildman–Crippen MR) is 74.3 cm³/mol. The predicted octanol–water partition coefficient (Wildman–Crippen LogP) is -0.149. The van der Waals surface area contributed by atoms with E-state index in [0.29, 0.717) is 18.7 Å². The summed E-state index contributed by atoms with van der Waals surface area (Å²) in [5, 5.41) is 2.94. The number of nitrogens with one attached hydrogen (secondary N) is 1. The van der Waals surface area contributed by atoms with Crippen molar-refractivity contribution in [3.63, 3.8) is 0 Å². The smallest absolute Gasteiger partial charge is 0.236 e. The number of hydrogen-bond acceptors (Lipinski definition) is 4. The third-order valence-corrected chi connectivity index (χ3v) is 2.67. The minimum Gasteiger partial charge on any atom is -0.368 e. The van der Waals surface area contributed by atoms with Crippen LogP contribution in [0.3, 0.4) is 0 Å². The second-order valence-corrected chi connectivity index (χ2v) is 4.48. The Hall–Kier alpha value is -2.22. The molecule has 0 aliphatic rings. The Bertz CT molecular complexity index is 498. The number of halogens is 2. The molecule has 0 atom stereocenters. The zero-order chi connectivity index (χ0) is 16.0. The van der Waals surface area contributed by atoms with Crippen LogP contribution < -0.4 is 21.7 Å². The van der Waals surface area contributed by atoms with Gasteiger partial charge >= 0.3 is 0 Å². The molecule has 0 aliphatic carbocycles. The molecule has 21 heavy (non-hydrogen) atoms. The van der Waals surface area contributed by atoms with Gasteiger partial charge in [0.15, 0.2) is 0 Å². The molecule has 0 heterocycles. The van der Waals surface area contributed by atoms with Crippen LogP contribution in [0, 0.1) is 11.6 Å². The van der Waals surface area contributed by atoms with Gasteiger partial charge < -0.3 is 21.7 Å². The Labute approximate surface area is 121 Å². The van der Waals surface area contributed by atoms with Crippen molar-refractivity contribution >= 4 is 17.5 Å². The quantitative estimate of drug-likeness (QED) is 0.621. The van der Waals surface area contributed by atoms with Crippen molar-refractivity contribution in [2.45, 2.75) is 13.5 Å². The van der Waals surface area contributed by atoms with E-state index >= 15 is 0 Å². The molecular formula is C13H18F2N4O2. The van der Waals surface area contributed by atoms with Crippen LogP contribution in [0.15, 0.2) is 12.1 Å². The van der Waals surface area contributed by atoms with Gasteiger partial charge in [0.05, 0.1) is 13.1 Å². The van der Waals surface area contributed by atoms with Gasteiger partial charge in [-0.3, -0.25) is 9.59 Å². The van der Waals surface area contributed by atoms with Crippen LogP contribution in [0.2, 0.25) is 0 Å². The van der Waals surface area contributed by atoms with Crippen molar-refractivity contribution in [1.82, 2.24) is 5.32 Å². The average molecular weight is 300 g/mol. The number of amides is 2. The molecule has 0 unspecified atom stereocenters. The topological polar surface area (TPSA) is 101 Å². The summed E-state index contributed by atoms with van der Waals surface area (Å²) in [6.07, 6.45) is 0. The molecule has 1 aromatic carbocycles. The number of rotatable bonds is 8. The summed E-state index contributed by atoms with van der Waals surface area (Å²) in [5.74, 6) is -3.42. The summed E-state index contributed by atoms with van der Waals surface area (Å²) in [6, 6.07) is 2.27. The fourth-order valence-electron chi connectivity index (χ4n) is 1.88. The van der Waals surface area contributed by atoms with Crippen molar-refractivity contribution in [1.29, 1.82) is 0 Å². The van der Waals surface area contributed by atoms with Crippen molar-refractivity contribution in [3.05, 3.63) is 29.3 Å². The van der Waals surface area contributed by atoms with Gasteiger partial charge in [0.1, 0.15) is 17.3 Å². The number of carbonyl (C=O) groups is 2. The lowest BCUT2D eigenvalue weighted by atomic mass is 10.1. The number of hydrogen-bond donors (Lipinski definition) is 3. The molecule has 2 amide bonds. The maximum atomic E-state index is 14.1. The summed E-state index contributed by atoms with van der Waals surface area (Å²) >= 11 is 0. The van der Waals surface area contributed by atoms with Crippen LogP contribution in [0.4, 0.5) is 14.5 Å². The van der Waals surface area contributed by atoms with Crippen molar-refractivity contribution in [3.8, 4) is 0 Å². The zero-order valence-corrected chi connectivity index (χ0v) is 11.7. The van der Waals surface area contributed by atoms with Gasteiger partial charge in [-0.25, -0.2) is 8.78 Å². The van der Waals surface area contributed by atoms with E-state index < -0.39 is 42.2 Å². The van der Waals surface area contributed by atoms with Gasteiger partial charge in [0.25, 0.3) is 0 Å². The lowest BCUT2D eigenvalue weighted by molar-refractivity contribution is -0.117. The van der Waals surface area contributed by atoms with Crippen LogP contribution in [0.25, 0.3) is 0 Å². The first-order valence-electron chi connectivity index (χ1n) is 6.35. The largest absolute Gasteiger partial charge is 0.368 e. The van der Waals surface area contributed by atoms with Crippen molar-refractivity contribution in [2.75, 3.05) is 24.5 Å². The minimum absolute atomic E-state index is 0.302. The molecule has 8 heteroatoms. The number of carbonyl (C=O) groups excluding carboxylic acids is 2. The van der Waals surface area contributed by atoms with E-state index in [9.17, 15) is 18.4 Å². The Morgan fingerprint density at radius 3 is 2.00 bits per heavy atom. The molecular weight excluding hydrogens is 282 g/mol. The molecule has 0 saturated carbocycles. The molecule has 0 bridgehead atoms.